The van der Waals surface area contributed by atoms with Gasteiger partial charge in [0, 0.05) is 68.2 Å². The Morgan fingerprint density at radius 3 is 2.65 bits per heavy atom. The van der Waals surface area contributed by atoms with Crippen LogP contribution >= 0.6 is 11.6 Å². The number of ether oxygens (including phenoxy) is 1. The summed E-state index contributed by atoms with van der Waals surface area (Å²) in [6.45, 7) is 15.4. The molecule has 3 aromatic rings. The zero-order chi connectivity index (χ0) is 34.2. The third-order valence-electron chi connectivity index (χ3n) is 9.95. The van der Waals surface area contributed by atoms with Gasteiger partial charge in [0.2, 0.25) is 12.5 Å². The monoisotopic (exact) mass is 681 g/mol. The molecule has 1 aromatic heterocycles. The molecule has 6 rings (SSSR count). The van der Waals surface area contributed by atoms with Crippen molar-refractivity contribution in [1.29, 1.82) is 0 Å². The highest BCUT2D eigenvalue weighted by Gasteiger charge is 2.48. The van der Waals surface area contributed by atoms with Gasteiger partial charge in [-0.3, -0.25) is 4.79 Å². The lowest BCUT2D eigenvalue weighted by atomic mass is 9.76. The predicted molar refractivity (Wildman–Crippen MR) is 180 cm³/mol. The summed E-state index contributed by atoms with van der Waals surface area (Å²) in [4.78, 5) is 33.5. The number of piperazine rings is 1. The van der Waals surface area contributed by atoms with E-state index in [0.717, 1.165) is 27.7 Å². The molecule has 0 bridgehead atoms. The fourth-order valence-electron chi connectivity index (χ4n) is 7.09. The molecule has 13 heteroatoms. The average molecular weight is 682 g/mol. The van der Waals surface area contributed by atoms with Crippen LogP contribution in [-0.4, -0.2) is 96.6 Å². The van der Waals surface area contributed by atoms with E-state index in [4.69, 9.17) is 32.9 Å². The summed E-state index contributed by atoms with van der Waals surface area (Å²) in [7, 11) is 1.90. The molecule has 254 valence electrons. The summed E-state index contributed by atoms with van der Waals surface area (Å²) in [6.07, 6.45) is 0.440. The van der Waals surface area contributed by atoms with Gasteiger partial charge in [-0.25, -0.2) is 19.7 Å². The lowest BCUT2D eigenvalue weighted by Crippen LogP contribution is -2.57. The Labute approximate surface area is 283 Å². The molecule has 1 saturated heterocycles. The van der Waals surface area contributed by atoms with Gasteiger partial charge in [0.1, 0.15) is 18.5 Å². The Balaban J connectivity index is 1.27. The van der Waals surface area contributed by atoms with Crippen molar-refractivity contribution in [1.82, 2.24) is 19.8 Å². The summed E-state index contributed by atoms with van der Waals surface area (Å²) in [5.41, 5.74) is 2.75. The van der Waals surface area contributed by atoms with Gasteiger partial charge in [0.05, 0.1) is 17.3 Å². The minimum absolute atomic E-state index is 0.0131. The van der Waals surface area contributed by atoms with Crippen molar-refractivity contribution >= 4 is 39.8 Å². The van der Waals surface area contributed by atoms with Crippen LogP contribution in [0.3, 0.4) is 0 Å². The van der Waals surface area contributed by atoms with E-state index >= 15 is 0 Å². The van der Waals surface area contributed by atoms with Crippen molar-refractivity contribution in [3.8, 4) is 6.01 Å². The molecule has 2 aromatic carbocycles. The third kappa shape index (κ3) is 6.89. The Kier molecular flexibility index (Phi) is 9.72. The number of fused-ring (bicyclic) bond motifs is 2. The van der Waals surface area contributed by atoms with Crippen LogP contribution in [0, 0.1) is 12.5 Å². The average Bonchev–Trinajstić information content (AvgIpc) is 3.05. The highest BCUT2D eigenvalue weighted by atomic mass is 35.5. The standard InChI is InChI=1S/C35H39ClF3N7O2/c1-22(37)33(47)46-14-13-45(20-26(46)19-40-3)32-27-11-12-44(30-10-6-8-24-7-5-9-28(36)31(24)30)21-29(27)41-34(42-32)48-16-15-43(4)23(2)25-17-35(38,39)18-25/h5-10,23,25-26H,1,11-21H2,2,4H3/t23-,26+/m1/s1. The smallest absolute Gasteiger partial charge is 0.318 e. The van der Waals surface area contributed by atoms with Crippen LogP contribution in [0.2, 0.25) is 5.02 Å². The number of likely N-dealkylation sites (N-methyl/N-ethyl adjacent to an activating group) is 1. The maximum atomic E-state index is 13.9. The van der Waals surface area contributed by atoms with Gasteiger partial charge in [0.25, 0.3) is 5.91 Å². The summed E-state index contributed by atoms with van der Waals surface area (Å²) < 4.78 is 47.0. The summed E-state index contributed by atoms with van der Waals surface area (Å²) in [6, 6.07) is 11.6. The molecular formula is C35H39ClF3N7O2. The fraction of sp³-hybridized carbons (Fsp3) is 0.486. The molecule has 1 saturated carbocycles. The number of amides is 1. The van der Waals surface area contributed by atoms with E-state index in [9.17, 15) is 18.0 Å². The van der Waals surface area contributed by atoms with E-state index < -0.39 is 23.7 Å². The van der Waals surface area contributed by atoms with Crippen molar-refractivity contribution in [3.63, 3.8) is 0 Å². The number of carbonyl (C=O) groups is 1. The molecule has 0 N–H and O–H groups in total. The van der Waals surface area contributed by atoms with Gasteiger partial charge in [-0.15, -0.1) is 0 Å². The highest BCUT2D eigenvalue weighted by Crippen LogP contribution is 2.45. The van der Waals surface area contributed by atoms with Crippen LogP contribution in [0.5, 0.6) is 6.01 Å². The minimum Gasteiger partial charge on any atom is -0.462 e. The molecule has 3 heterocycles. The second-order valence-electron chi connectivity index (χ2n) is 13.0. The zero-order valence-electron chi connectivity index (χ0n) is 27.1. The van der Waals surface area contributed by atoms with Crippen LogP contribution in [0.25, 0.3) is 15.6 Å². The SMILES string of the molecule is [C-]#[N+]C[C@H]1CN(c2nc(OCCN(C)[C@H](C)C3CC(F)(F)C3)nc3c2CCN(c2cccc4cccc(Cl)c24)C3)CCN1C(=O)C(=C)F. The number of hydrogen-bond acceptors (Lipinski definition) is 7. The lowest BCUT2D eigenvalue weighted by Gasteiger charge is -2.42. The molecule has 2 atom stereocenters. The van der Waals surface area contributed by atoms with Gasteiger partial charge in [0.15, 0.2) is 5.83 Å². The molecule has 0 unspecified atom stereocenters. The van der Waals surface area contributed by atoms with E-state index in [2.05, 4.69) is 22.4 Å². The van der Waals surface area contributed by atoms with Crippen LogP contribution in [0.1, 0.15) is 31.0 Å². The number of carbonyl (C=O) groups excluding carboxylic acids is 1. The van der Waals surface area contributed by atoms with Crippen LogP contribution in [-0.2, 0) is 17.8 Å². The Morgan fingerprint density at radius 1 is 1.19 bits per heavy atom. The molecule has 1 amide bonds. The Morgan fingerprint density at radius 2 is 1.94 bits per heavy atom. The van der Waals surface area contributed by atoms with E-state index in [1.807, 2.05) is 54.1 Å². The molecular weight excluding hydrogens is 643 g/mol. The number of halogens is 4. The lowest BCUT2D eigenvalue weighted by molar-refractivity contribution is -0.131. The number of anilines is 2. The van der Waals surface area contributed by atoms with Crippen molar-refractivity contribution in [3.05, 3.63) is 76.5 Å². The van der Waals surface area contributed by atoms with Crippen molar-refractivity contribution < 1.29 is 22.7 Å². The van der Waals surface area contributed by atoms with Gasteiger partial charge < -0.3 is 29.2 Å². The number of rotatable bonds is 10. The van der Waals surface area contributed by atoms with E-state index in [-0.39, 0.29) is 50.5 Å². The predicted octanol–water partition coefficient (Wildman–Crippen LogP) is 6.01. The van der Waals surface area contributed by atoms with E-state index in [1.54, 1.807) is 0 Å². The fourth-order valence-corrected chi connectivity index (χ4v) is 7.36. The molecule has 9 nitrogen and oxygen atoms in total. The first kappa shape index (κ1) is 33.8. The first-order valence-electron chi connectivity index (χ1n) is 16.2. The quantitative estimate of drug-likeness (QED) is 0.192. The molecule has 48 heavy (non-hydrogen) atoms. The summed E-state index contributed by atoms with van der Waals surface area (Å²) in [5.74, 6) is -3.81. The number of alkyl halides is 2. The Bertz CT molecular complexity index is 1740. The van der Waals surface area contributed by atoms with E-state index in [0.29, 0.717) is 50.0 Å². The maximum absolute atomic E-state index is 13.9. The second kappa shape index (κ2) is 13.8. The van der Waals surface area contributed by atoms with Gasteiger partial charge in [-0.1, -0.05) is 42.4 Å². The molecule has 0 spiro atoms. The number of benzene rings is 2. The van der Waals surface area contributed by atoms with Gasteiger partial charge in [-0.2, -0.15) is 9.97 Å². The maximum Gasteiger partial charge on any atom is 0.318 e. The topological polar surface area (TPSA) is 69.4 Å². The molecule has 3 aliphatic rings. The van der Waals surface area contributed by atoms with Gasteiger partial charge >= 0.3 is 6.01 Å². The van der Waals surface area contributed by atoms with Crippen LogP contribution < -0.4 is 14.5 Å². The van der Waals surface area contributed by atoms with E-state index in [1.165, 1.54) is 4.90 Å². The van der Waals surface area contributed by atoms with Crippen LogP contribution in [0.4, 0.5) is 24.7 Å². The zero-order valence-corrected chi connectivity index (χ0v) is 27.9. The molecule has 2 fully saturated rings. The minimum atomic E-state index is -2.57. The molecule has 0 radical (unpaired) electrons. The number of nitrogens with zero attached hydrogens (tertiary/aromatic N) is 7. The normalized spacial score (nSPS) is 19.9. The first-order valence-corrected chi connectivity index (χ1v) is 16.6. The van der Waals surface area contributed by atoms with Gasteiger partial charge in [-0.05, 0) is 43.8 Å². The molecule has 1 aliphatic carbocycles. The van der Waals surface area contributed by atoms with Crippen LogP contribution in [0.15, 0.2) is 48.8 Å². The summed E-state index contributed by atoms with van der Waals surface area (Å²) in [5, 5.41) is 2.67. The Hall–Kier alpha value is -4.08. The summed E-state index contributed by atoms with van der Waals surface area (Å²) >= 11 is 6.68. The third-order valence-corrected chi connectivity index (χ3v) is 10.3. The molecule has 2 aliphatic heterocycles. The van der Waals surface area contributed by atoms with Crippen molar-refractivity contribution in [2.24, 2.45) is 5.92 Å². The number of hydrogen-bond donors (Lipinski definition) is 0. The number of aromatic nitrogens is 2. The largest absolute Gasteiger partial charge is 0.462 e. The second-order valence-corrected chi connectivity index (χ2v) is 13.4. The van der Waals surface area contributed by atoms with Crippen molar-refractivity contribution in [2.45, 2.75) is 50.7 Å². The highest BCUT2D eigenvalue weighted by molar-refractivity contribution is 6.36. The van der Waals surface area contributed by atoms with Crippen molar-refractivity contribution in [2.75, 3.05) is 62.7 Å². The first-order chi connectivity index (χ1) is 23.0.